The number of carbonyl (C=O) groups excluding carboxylic acids is 6. The Morgan fingerprint density at radius 2 is 1.31 bits per heavy atom. The lowest BCUT2D eigenvalue weighted by Crippen LogP contribution is -2.60. The Bertz CT molecular complexity index is 1910. The maximum atomic E-state index is 14.4. The van der Waals surface area contributed by atoms with Crippen LogP contribution >= 0.6 is 0 Å². The fourth-order valence-electron chi connectivity index (χ4n) is 6.32. The molecule has 0 fully saturated rings. The Hall–Kier alpha value is -5.25. The molecule has 1 aliphatic rings. The first-order valence-corrected chi connectivity index (χ1v) is 21.6. The van der Waals surface area contributed by atoms with E-state index in [0.717, 1.165) is 22.8 Å². The van der Waals surface area contributed by atoms with Crippen LogP contribution in [0.2, 0.25) is 0 Å². The number of amides is 4. The third kappa shape index (κ3) is 17.6. The van der Waals surface area contributed by atoms with E-state index >= 15 is 0 Å². The van der Waals surface area contributed by atoms with E-state index in [1.807, 2.05) is 24.3 Å². The number of nitrogens with one attached hydrogen (secondary N) is 4. The van der Waals surface area contributed by atoms with Gasteiger partial charge in [-0.1, -0.05) is 74.5 Å². The minimum Gasteiger partial charge on any atom is -0.460 e. The van der Waals surface area contributed by atoms with Crippen LogP contribution in [0.1, 0.15) is 91.3 Å². The summed E-state index contributed by atoms with van der Waals surface area (Å²) >= 11 is 0. The number of fused-ring (bicyclic) bond motifs is 1. The molecule has 16 heteroatoms. The zero-order chi connectivity index (χ0) is 44.1. The van der Waals surface area contributed by atoms with E-state index in [1.165, 1.54) is 6.08 Å². The van der Waals surface area contributed by atoms with Gasteiger partial charge in [0.2, 0.25) is 17.7 Å². The van der Waals surface area contributed by atoms with Crippen LogP contribution in [0.15, 0.2) is 66.1 Å². The summed E-state index contributed by atoms with van der Waals surface area (Å²) < 4.78 is 40.1. The summed E-state index contributed by atoms with van der Waals surface area (Å²) in [5, 5.41) is 11.7. The van der Waals surface area contributed by atoms with Crippen LogP contribution in [0.5, 0.6) is 0 Å². The van der Waals surface area contributed by atoms with Crippen molar-refractivity contribution in [2.75, 3.05) is 6.26 Å². The summed E-state index contributed by atoms with van der Waals surface area (Å²) in [5.74, 6) is -4.53. The van der Waals surface area contributed by atoms with Gasteiger partial charge in [-0.05, 0) is 89.3 Å². The summed E-state index contributed by atoms with van der Waals surface area (Å²) in [6.07, 6.45) is 1.37. The second kappa shape index (κ2) is 21.1. The molecule has 4 atom stereocenters. The summed E-state index contributed by atoms with van der Waals surface area (Å²) in [5.41, 5.74) is 0.987. The predicted molar refractivity (Wildman–Crippen MR) is 221 cm³/mol. The summed E-state index contributed by atoms with van der Waals surface area (Å²) in [4.78, 5) is 80.9. The van der Waals surface area contributed by atoms with E-state index in [9.17, 15) is 37.2 Å². The van der Waals surface area contributed by atoms with Gasteiger partial charge in [-0.3, -0.25) is 24.0 Å². The molecule has 1 aliphatic carbocycles. The monoisotopic (exact) mass is 840 g/mol. The fourth-order valence-corrected chi connectivity index (χ4v) is 6.79. The molecule has 0 saturated heterocycles. The first-order valence-electron chi connectivity index (χ1n) is 19.7. The molecule has 0 unspecified atom stereocenters. The summed E-state index contributed by atoms with van der Waals surface area (Å²) in [6.45, 7) is 13.4. The Morgan fingerprint density at radius 3 is 1.85 bits per heavy atom. The molecule has 4 amide bonds. The third-order valence-corrected chi connectivity index (χ3v) is 9.61. The number of esters is 2. The molecular formula is C43H60N4O11S. The average Bonchev–Trinajstić information content (AvgIpc) is 3.55. The number of hydrogen-bond acceptors (Lipinski definition) is 11. The predicted octanol–water partition coefficient (Wildman–Crippen LogP) is 4.22. The number of benzene rings is 2. The molecule has 15 nitrogen and oxygen atoms in total. The van der Waals surface area contributed by atoms with Crippen molar-refractivity contribution in [2.24, 2.45) is 11.8 Å². The highest BCUT2D eigenvalue weighted by Gasteiger charge is 2.39. The molecule has 0 heterocycles. The highest BCUT2D eigenvalue weighted by atomic mass is 32.2. The molecule has 2 aromatic carbocycles. The van der Waals surface area contributed by atoms with Crippen LogP contribution in [0.4, 0.5) is 4.79 Å². The molecule has 0 aromatic heterocycles. The van der Waals surface area contributed by atoms with Crippen LogP contribution in [0.3, 0.4) is 0 Å². The van der Waals surface area contributed by atoms with Gasteiger partial charge in [-0.2, -0.15) is 0 Å². The fraction of sp³-hybridized carbons (Fsp3) is 0.535. The van der Waals surface area contributed by atoms with Crippen molar-refractivity contribution in [1.29, 1.82) is 0 Å². The highest BCUT2D eigenvalue weighted by molar-refractivity contribution is 7.93. The Labute approximate surface area is 347 Å². The number of alkyl carbamates (subject to hydrolysis) is 1. The van der Waals surface area contributed by atoms with E-state index in [0.29, 0.717) is 18.4 Å². The Balaban J connectivity index is 1.89. The molecule has 2 aromatic rings. The second-order valence-corrected chi connectivity index (χ2v) is 19.0. The molecule has 59 heavy (non-hydrogen) atoms. The zero-order valence-corrected chi connectivity index (χ0v) is 36.3. The molecule has 0 bridgehead atoms. The number of ether oxygens (including phenoxy) is 3. The minimum atomic E-state index is -3.60. The second-order valence-electron chi connectivity index (χ2n) is 17.1. The van der Waals surface area contributed by atoms with E-state index < -0.39 is 99.2 Å². The van der Waals surface area contributed by atoms with Crippen LogP contribution < -0.4 is 21.3 Å². The van der Waals surface area contributed by atoms with Crippen LogP contribution in [-0.2, 0) is 67.5 Å². The van der Waals surface area contributed by atoms with Crippen LogP contribution in [0, 0.1) is 11.8 Å². The molecular weight excluding hydrogens is 781 g/mol. The number of rotatable bonds is 18. The van der Waals surface area contributed by atoms with Gasteiger partial charge in [-0.25, -0.2) is 13.2 Å². The highest BCUT2D eigenvalue weighted by Crippen LogP contribution is 2.29. The van der Waals surface area contributed by atoms with Gasteiger partial charge in [0.05, 0.1) is 6.42 Å². The minimum absolute atomic E-state index is 0.00424. The first-order chi connectivity index (χ1) is 27.4. The van der Waals surface area contributed by atoms with Gasteiger partial charge in [-0.15, -0.1) is 0 Å². The normalized spacial score (nSPS) is 15.3. The topological polar surface area (TPSA) is 212 Å². The van der Waals surface area contributed by atoms with Gasteiger partial charge in [0.25, 0.3) is 0 Å². The van der Waals surface area contributed by atoms with E-state index in [2.05, 4.69) is 21.3 Å². The van der Waals surface area contributed by atoms with Gasteiger partial charge in [0.15, 0.2) is 9.84 Å². The summed E-state index contributed by atoms with van der Waals surface area (Å²) in [7, 11) is -3.60. The van der Waals surface area contributed by atoms with Crippen LogP contribution in [-0.4, -0.2) is 85.8 Å². The third-order valence-electron chi connectivity index (χ3n) is 8.96. The number of carbonyl (C=O) groups is 6. The average molecular weight is 841 g/mol. The van der Waals surface area contributed by atoms with Crippen molar-refractivity contribution in [1.82, 2.24) is 21.3 Å². The SMILES string of the molecule is CC(C)[C@H](NC(=O)[C@@H](NC(=O)[C@H](CC(=O)OC(C)(C)C)NC(=O)OCc1ccccc1)C1Cc2ccccc2C1)C(=O)N[C@H](/C=C/S(C)(=O)=O)CCC(=O)OC(C)(C)C. The number of hydrogen-bond donors (Lipinski definition) is 4. The molecule has 4 N–H and O–H groups in total. The van der Waals surface area contributed by atoms with Gasteiger partial charge in [0, 0.05) is 24.1 Å². The lowest BCUT2D eigenvalue weighted by Gasteiger charge is -2.30. The quantitative estimate of drug-likeness (QED) is 0.123. The van der Waals surface area contributed by atoms with Crippen LogP contribution in [0.25, 0.3) is 0 Å². The van der Waals surface area contributed by atoms with E-state index in [4.69, 9.17) is 14.2 Å². The van der Waals surface area contributed by atoms with Gasteiger partial charge < -0.3 is 35.5 Å². The van der Waals surface area contributed by atoms with Crippen molar-refractivity contribution >= 4 is 45.6 Å². The summed E-state index contributed by atoms with van der Waals surface area (Å²) in [6, 6.07) is 11.6. The van der Waals surface area contributed by atoms with E-state index in [1.54, 1.807) is 85.7 Å². The number of sulfone groups is 1. The largest absolute Gasteiger partial charge is 0.460 e. The van der Waals surface area contributed by atoms with Crippen molar-refractivity contribution in [3.05, 3.63) is 82.8 Å². The molecule has 3 rings (SSSR count). The molecule has 0 saturated carbocycles. The van der Waals surface area contributed by atoms with Crippen molar-refractivity contribution < 1.29 is 51.4 Å². The molecule has 324 valence electrons. The lowest BCUT2D eigenvalue weighted by molar-refractivity contribution is -0.157. The van der Waals surface area contributed by atoms with Gasteiger partial charge >= 0.3 is 18.0 Å². The smallest absolute Gasteiger partial charge is 0.408 e. The maximum absolute atomic E-state index is 14.4. The Morgan fingerprint density at radius 1 is 0.746 bits per heavy atom. The van der Waals surface area contributed by atoms with Gasteiger partial charge in [0.1, 0.15) is 35.9 Å². The van der Waals surface area contributed by atoms with E-state index in [-0.39, 0.29) is 19.4 Å². The van der Waals surface area contributed by atoms with Crippen molar-refractivity contribution in [2.45, 2.75) is 129 Å². The van der Waals surface area contributed by atoms with Crippen molar-refractivity contribution in [3.8, 4) is 0 Å². The molecule has 0 spiro atoms. The molecule has 0 aliphatic heterocycles. The maximum Gasteiger partial charge on any atom is 0.408 e. The first kappa shape index (κ1) is 48.1. The Kier molecular flexibility index (Phi) is 17.2. The standard InChI is InChI=1S/C43H60N4O11S/c1-27(2)36(39(51)44-32(21-22-59(9,54)55)19-20-34(48)57-42(3,4)5)46-40(52)37(31-23-29-17-13-14-18-30(29)24-31)47-38(50)33(25-35(49)58-43(6,7)8)45-41(53)56-26-28-15-11-10-12-16-28/h10-18,21-22,27,31-33,36-37H,19-20,23-26H2,1-9H3,(H,44,51)(H,45,53)(H,46,52)(H,47,50)/b22-21+/t32-,33-,36-,37-/m0/s1. The molecule has 0 radical (unpaired) electrons. The zero-order valence-electron chi connectivity index (χ0n) is 35.5. The van der Waals surface area contributed by atoms with Crippen molar-refractivity contribution in [3.63, 3.8) is 0 Å². The lowest BCUT2D eigenvalue weighted by atomic mass is 9.93.